The number of nitrogens with zero attached hydrogens (tertiary/aromatic N) is 1. The third-order valence-electron chi connectivity index (χ3n) is 6.01. The molecule has 4 rings (SSSR count). The lowest BCUT2D eigenvalue weighted by molar-refractivity contribution is -0.139. The molecule has 0 bridgehead atoms. The molecule has 0 radical (unpaired) electrons. The van der Waals surface area contributed by atoms with Crippen molar-refractivity contribution in [1.82, 2.24) is 16.0 Å². The number of aliphatic imine (C=N–C) groups is 1. The van der Waals surface area contributed by atoms with E-state index in [2.05, 4.69) is 26.3 Å². The van der Waals surface area contributed by atoms with Crippen molar-refractivity contribution >= 4 is 34.9 Å². The Morgan fingerprint density at radius 1 is 1.26 bits per heavy atom. The van der Waals surface area contributed by atoms with E-state index in [-0.39, 0.29) is 12.5 Å². The number of nitrogens with one attached hydrogen (secondary N) is 4. The summed E-state index contributed by atoms with van der Waals surface area (Å²) in [6.07, 6.45) is 1.11. The van der Waals surface area contributed by atoms with Crippen LogP contribution in [-0.4, -0.2) is 49.6 Å². The molecule has 1 amide bonds. The largest absolute Gasteiger partial charge is 0.487 e. The van der Waals surface area contributed by atoms with E-state index >= 15 is 0 Å². The summed E-state index contributed by atoms with van der Waals surface area (Å²) in [5.41, 5.74) is 3.91. The Kier molecular flexibility index (Phi) is 7.31. The molecule has 5 N–H and O–H groups in total. The number of carboxylic acid groups (broad SMARTS) is 1. The van der Waals surface area contributed by atoms with Gasteiger partial charge < -0.3 is 31.1 Å². The zero-order valence-corrected chi connectivity index (χ0v) is 19.6. The summed E-state index contributed by atoms with van der Waals surface area (Å²) in [5, 5.41) is 21.4. The number of ether oxygens (including phenoxy) is 1. The van der Waals surface area contributed by atoms with Gasteiger partial charge in [0.2, 0.25) is 0 Å². The smallest absolute Gasteiger partial charge is 0.320 e. The molecule has 2 aliphatic rings. The molecule has 0 aromatic heterocycles. The fourth-order valence-electron chi connectivity index (χ4n) is 4.24. The number of fused-ring (bicyclic) bond motifs is 2. The van der Waals surface area contributed by atoms with Crippen molar-refractivity contribution in [3.63, 3.8) is 0 Å². The summed E-state index contributed by atoms with van der Waals surface area (Å²) in [4.78, 5) is 28.3. The van der Waals surface area contributed by atoms with Gasteiger partial charge in [0.15, 0.2) is 5.96 Å². The molecule has 1 atom stereocenters. The highest BCUT2D eigenvalue weighted by atomic mass is 19.1. The molecule has 35 heavy (non-hydrogen) atoms. The second kappa shape index (κ2) is 10.6. The number of halogens is 1. The summed E-state index contributed by atoms with van der Waals surface area (Å²) in [5.74, 6) is -0.581. The Labute approximate surface area is 202 Å². The van der Waals surface area contributed by atoms with Crippen LogP contribution >= 0.6 is 0 Å². The summed E-state index contributed by atoms with van der Waals surface area (Å²) < 4.78 is 19.7. The lowest BCUT2D eigenvalue weighted by atomic mass is 9.99. The fraction of sp³-hybridized carbons (Fsp3) is 0.320. The number of rotatable bonds is 8. The van der Waals surface area contributed by atoms with Gasteiger partial charge in [0, 0.05) is 49.6 Å². The van der Waals surface area contributed by atoms with Crippen LogP contribution in [0, 0.1) is 5.82 Å². The second-order valence-electron chi connectivity index (χ2n) is 8.29. The summed E-state index contributed by atoms with van der Waals surface area (Å²) in [7, 11) is 3.43. The average Bonchev–Trinajstić information content (AvgIpc) is 3.39. The Hall–Kier alpha value is -3.92. The van der Waals surface area contributed by atoms with Crippen LogP contribution in [0.2, 0.25) is 0 Å². The standard InChI is InChI=1S/C25H28FN5O4/c1-27-25(28-2)29-9-3-4-20(24(33)34)30-12-14-5-7-17-15(10-14)13-35-22(17)21-18-11-16(26)6-8-19(18)31-23(21)32/h5-8,10-11,20,30H,3-4,9,12-13H2,1-2H3,(H,31,32)(H,33,34)(H2,27,28,29)/t20-/m0/s1. The van der Waals surface area contributed by atoms with Gasteiger partial charge in [-0.2, -0.15) is 0 Å². The van der Waals surface area contributed by atoms with Crippen LogP contribution in [0.1, 0.15) is 35.1 Å². The quantitative estimate of drug-likeness (QED) is 0.170. The topological polar surface area (TPSA) is 124 Å². The van der Waals surface area contributed by atoms with E-state index in [1.807, 2.05) is 18.2 Å². The van der Waals surface area contributed by atoms with Crippen molar-refractivity contribution in [2.75, 3.05) is 26.0 Å². The molecule has 0 fully saturated rings. The van der Waals surface area contributed by atoms with Gasteiger partial charge in [0.1, 0.15) is 24.2 Å². The van der Waals surface area contributed by atoms with E-state index in [4.69, 9.17) is 4.74 Å². The van der Waals surface area contributed by atoms with Crippen LogP contribution in [0.5, 0.6) is 0 Å². The monoisotopic (exact) mass is 481 g/mol. The highest BCUT2D eigenvalue weighted by molar-refractivity contribution is 6.36. The van der Waals surface area contributed by atoms with Crippen LogP contribution in [0.25, 0.3) is 11.3 Å². The number of carboxylic acids is 1. The maximum atomic E-state index is 13.8. The van der Waals surface area contributed by atoms with E-state index in [0.717, 1.165) is 16.7 Å². The normalized spacial score (nSPS) is 17.3. The third-order valence-corrected chi connectivity index (χ3v) is 6.01. The van der Waals surface area contributed by atoms with Gasteiger partial charge in [-0.15, -0.1) is 0 Å². The zero-order valence-electron chi connectivity index (χ0n) is 19.6. The first-order chi connectivity index (χ1) is 16.9. The van der Waals surface area contributed by atoms with Gasteiger partial charge in [-0.3, -0.25) is 14.6 Å². The number of guanidine groups is 1. The zero-order chi connectivity index (χ0) is 24.9. The molecule has 2 aromatic rings. The van der Waals surface area contributed by atoms with Crippen molar-refractivity contribution in [2.24, 2.45) is 4.99 Å². The van der Waals surface area contributed by atoms with E-state index in [9.17, 15) is 19.1 Å². The molecule has 0 spiro atoms. The lowest BCUT2D eigenvalue weighted by Crippen LogP contribution is -2.38. The first-order valence-corrected chi connectivity index (χ1v) is 11.4. The number of hydrogen-bond donors (Lipinski definition) is 5. The van der Waals surface area contributed by atoms with Crippen LogP contribution in [0.15, 0.2) is 41.4 Å². The minimum Gasteiger partial charge on any atom is -0.487 e. The summed E-state index contributed by atoms with van der Waals surface area (Å²) in [6.45, 7) is 1.25. The maximum absolute atomic E-state index is 13.8. The lowest BCUT2D eigenvalue weighted by Gasteiger charge is -2.15. The molecule has 9 nitrogen and oxygen atoms in total. The molecule has 2 aliphatic heterocycles. The highest BCUT2D eigenvalue weighted by Crippen LogP contribution is 2.41. The van der Waals surface area contributed by atoms with Gasteiger partial charge in [-0.25, -0.2) is 4.39 Å². The van der Waals surface area contributed by atoms with E-state index in [0.29, 0.717) is 54.5 Å². The number of aliphatic carboxylic acids is 1. The molecule has 184 valence electrons. The number of hydrogen-bond acceptors (Lipinski definition) is 5. The predicted molar refractivity (Wildman–Crippen MR) is 131 cm³/mol. The number of anilines is 1. The molecule has 0 unspecified atom stereocenters. The van der Waals surface area contributed by atoms with Gasteiger partial charge in [-0.05, 0) is 36.6 Å². The van der Waals surface area contributed by atoms with Crippen LogP contribution in [0.4, 0.5) is 10.1 Å². The van der Waals surface area contributed by atoms with Gasteiger partial charge in [0.25, 0.3) is 5.91 Å². The summed E-state index contributed by atoms with van der Waals surface area (Å²) >= 11 is 0. The molecular weight excluding hydrogens is 453 g/mol. The first kappa shape index (κ1) is 24.2. The number of benzene rings is 2. The highest BCUT2D eigenvalue weighted by Gasteiger charge is 2.32. The molecule has 0 saturated carbocycles. The number of carbonyl (C=O) groups excluding carboxylic acids is 1. The van der Waals surface area contributed by atoms with E-state index in [1.54, 1.807) is 14.1 Å². The van der Waals surface area contributed by atoms with Crippen LogP contribution in [0.3, 0.4) is 0 Å². The van der Waals surface area contributed by atoms with Crippen LogP contribution in [-0.2, 0) is 27.5 Å². The maximum Gasteiger partial charge on any atom is 0.320 e. The number of carbonyl (C=O) groups is 2. The minimum atomic E-state index is -0.905. The minimum absolute atomic E-state index is 0.279. The molecule has 0 saturated heterocycles. The van der Waals surface area contributed by atoms with Gasteiger partial charge in [0.05, 0.1) is 5.57 Å². The molecular formula is C25H28FN5O4. The van der Waals surface area contributed by atoms with Crippen molar-refractivity contribution < 1.29 is 23.8 Å². The Morgan fingerprint density at radius 3 is 2.83 bits per heavy atom. The van der Waals surface area contributed by atoms with E-state index < -0.39 is 17.8 Å². The Bertz CT molecular complexity index is 1210. The Balaban J connectivity index is 1.43. The SMILES string of the molecule is CN=C(NC)NCCC[C@H](NCc1ccc2c(c1)COC2=C1C(=O)Nc2ccc(F)cc21)C(=O)O. The fourth-order valence-corrected chi connectivity index (χ4v) is 4.24. The van der Waals surface area contributed by atoms with Gasteiger partial charge in [-0.1, -0.05) is 18.2 Å². The first-order valence-electron chi connectivity index (χ1n) is 11.4. The molecule has 2 aromatic carbocycles. The third kappa shape index (κ3) is 5.27. The Morgan fingerprint density at radius 2 is 2.09 bits per heavy atom. The average molecular weight is 482 g/mol. The predicted octanol–water partition coefficient (Wildman–Crippen LogP) is 2.29. The number of amides is 1. The molecule has 10 heteroatoms. The van der Waals surface area contributed by atoms with Crippen molar-refractivity contribution in [3.05, 3.63) is 64.5 Å². The van der Waals surface area contributed by atoms with Crippen molar-refractivity contribution in [3.8, 4) is 0 Å². The summed E-state index contributed by atoms with van der Waals surface area (Å²) in [6, 6.07) is 9.14. The van der Waals surface area contributed by atoms with Crippen molar-refractivity contribution in [2.45, 2.75) is 32.0 Å². The van der Waals surface area contributed by atoms with Crippen molar-refractivity contribution in [1.29, 1.82) is 0 Å². The van der Waals surface area contributed by atoms with Crippen LogP contribution < -0.4 is 21.3 Å². The molecule has 2 heterocycles. The van der Waals surface area contributed by atoms with Gasteiger partial charge >= 0.3 is 5.97 Å². The van der Waals surface area contributed by atoms with E-state index in [1.165, 1.54) is 18.2 Å². The second-order valence-corrected chi connectivity index (χ2v) is 8.29. The molecule has 0 aliphatic carbocycles.